The van der Waals surface area contributed by atoms with Gasteiger partial charge in [-0.05, 0) is 35.9 Å². The fourth-order valence-electron chi connectivity index (χ4n) is 1.80. The van der Waals surface area contributed by atoms with Crippen LogP contribution in [0.1, 0.15) is 15.9 Å². The fraction of sp³-hybridized carbons (Fsp3) is 0.133. The Hall–Kier alpha value is -2.14. The van der Waals surface area contributed by atoms with Crippen molar-refractivity contribution >= 4 is 23.2 Å². The molecule has 2 aromatic carbocycles. The largest absolute Gasteiger partial charge is 0.381 e. The first-order valence-corrected chi connectivity index (χ1v) is 6.58. The molecule has 0 aliphatic rings. The highest BCUT2D eigenvalue weighted by atomic mass is 35.5. The van der Waals surface area contributed by atoms with E-state index >= 15 is 0 Å². The van der Waals surface area contributed by atoms with Gasteiger partial charge in [-0.2, -0.15) is 0 Å². The zero-order chi connectivity index (χ0) is 15.4. The van der Waals surface area contributed by atoms with E-state index in [1.165, 1.54) is 13.1 Å². The van der Waals surface area contributed by atoms with Crippen LogP contribution in [0.15, 0.2) is 36.4 Å². The van der Waals surface area contributed by atoms with E-state index in [4.69, 9.17) is 11.6 Å². The van der Waals surface area contributed by atoms with Crippen LogP contribution >= 0.6 is 11.6 Å². The fourth-order valence-corrected chi connectivity index (χ4v) is 2.00. The summed E-state index contributed by atoms with van der Waals surface area (Å²) in [5.41, 5.74) is 1.59. The molecule has 0 bridgehead atoms. The van der Waals surface area contributed by atoms with Crippen molar-refractivity contribution in [1.82, 2.24) is 5.32 Å². The Kier molecular flexibility index (Phi) is 4.75. The van der Waals surface area contributed by atoms with Gasteiger partial charge >= 0.3 is 0 Å². The van der Waals surface area contributed by atoms with Crippen molar-refractivity contribution in [3.63, 3.8) is 0 Å². The summed E-state index contributed by atoms with van der Waals surface area (Å²) in [6, 6.07) is 8.58. The Morgan fingerprint density at radius 1 is 1.14 bits per heavy atom. The van der Waals surface area contributed by atoms with Gasteiger partial charge in [0.1, 0.15) is 0 Å². The van der Waals surface area contributed by atoms with Gasteiger partial charge in [-0.15, -0.1) is 0 Å². The first kappa shape index (κ1) is 15.3. The summed E-state index contributed by atoms with van der Waals surface area (Å²) in [5.74, 6) is -2.07. The second kappa shape index (κ2) is 6.54. The van der Waals surface area contributed by atoms with Crippen LogP contribution in [0, 0.1) is 11.6 Å². The molecule has 2 N–H and O–H groups in total. The SMILES string of the molecule is CNC(=O)c1cc(NCc2ccc(F)c(F)c2)ccc1Cl. The number of amides is 1. The Bertz CT molecular complexity index is 677. The molecule has 0 aromatic heterocycles. The van der Waals surface area contributed by atoms with E-state index in [1.807, 2.05) is 0 Å². The number of hydrogen-bond acceptors (Lipinski definition) is 2. The van der Waals surface area contributed by atoms with Crippen molar-refractivity contribution in [1.29, 1.82) is 0 Å². The molecule has 0 atom stereocenters. The number of nitrogens with one attached hydrogen (secondary N) is 2. The lowest BCUT2D eigenvalue weighted by Crippen LogP contribution is -2.18. The highest BCUT2D eigenvalue weighted by Crippen LogP contribution is 2.21. The Balaban J connectivity index is 2.13. The second-order valence-electron chi connectivity index (χ2n) is 4.38. The molecule has 1 amide bonds. The first-order valence-electron chi connectivity index (χ1n) is 6.20. The third-order valence-corrected chi connectivity index (χ3v) is 3.25. The van der Waals surface area contributed by atoms with E-state index in [0.717, 1.165) is 12.1 Å². The maximum Gasteiger partial charge on any atom is 0.252 e. The molecule has 0 radical (unpaired) electrons. The van der Waals surface area contributed by atoms with E-state index < -0.39 is 11.6 Å². The molecule has 2 aromatic rings. The van der Waals surface area contributed by atoms with Gasteiger partial charge in [0.2, 0.25) is 0 Å². The smallest absolute Gasteiger partial charge is 0.252 e. The van der Waals surface area contributed by atoms with E-state index in [9.17, 15) is 13.6 Å². The Morgan fingerprint density at radius 3 is 2.57 bits per heavy atom. The Morgan fingerprint density at radius 2 is 1.90 bits per heavy atom. The van der Waals surface area contributed by atoms with Crippen molar-refractivity contribution in [2.24, 2.45) is 0 Å². The summed E-state index contributed by atoms with van der Waals surface area (Å²) in [4.78, 5) is 11.6. The molecule has 110 valence electrons. The van der Waals surface area contributed by atoms with Crippen molar-refractivity contribution < 1.29 is 13.6 Å². The molecule has 0 fully saturated rings. The van der Waals surface area contributed by atoms with Gasteiger partial charge in [-0.25, -0.2) is 8.78 Å². The monoisotopic (exact) mass is 310 g/mol. The topological polar surface area (TPSA) is 41.1 Å². The van der Waals surface area contributed by atoms with Crippen LogP contribution in [-0.4, -0.2) is 13.0 Å². The third-order valence-electron chi connectivity index (χ3n) is 2.92. The van der Waals surface area contributed by atoms with E-state index in [0.29, 0.717) is 28.4 Å². The first-order chi connectivity index (χ1) is 10.0. The van der Waals surface area contributed by atoms with Gasteiger partial charge in [0.25, 0.3) is 5.91 Å². The van der Waals surface area contributed by atoms with Gasteiger partial charge in [0, 0.05) is 19.3 Å². The van der Waals surface area contributed by atoms with E-state index in [2.05, 4.69) is 10.6 Å². The number of halogens is 3. The minimum Gasteiger partial charge on any atom is -0.381 e. The lowest BCUT2D eigenvalue weighted by molar-refractivity contribution is 0.0963. The quantitative estimate of drug-likeness (QED) is 0.906. The number of carbonyl (C=O) groups excluding carboxylic acids is 1. The van der Waals surface area contributed by atoms with Crippen LogP contribution in [0.4, 0.5) is 14.5 Å². The minimum absolute atomic E-state index is 0.295. The van der Waals surface area contributed by atoms with Crippen LogP contribution in [0.2, 0.25) is 5.02 Å². The van der Waals surface area contributed by atoms with Gasteiger partial charge in [0.05, 0.1) is 10.6 Å². The number of benzene rings is 2. The lowest BCUT2D eigenvalue weighted by Gasteiger charge is -2.10. The Labute approximate surface area is 125 Å². The summed E-state index contributed by atoms with van der Waals surface area (Å²) >= 11 is 5.95. The average molecular weight is 311 g/mol. The van der Waals surface area contributed by atoms with E-state index in [1.54, 1.807) is 18.2 Å². The van der Waals surface area contributed by atoms with Crippen LogP contribution in [0.3, 0.4) is 0 Å². The zero-order valence-corrected chi connectivity index (χ0v) is 12.0. The number of carbonyl (C=O) groups is 1. The van der Waals surface area contributed by atoms with Crippen molar-refractivity contribution in [2.45, 2.75) is 6.54 Å². The molecular weight excluding hydrogens is 298 g/mol. The second-order valence-corrected chi connectivity index (χ2v) is 4.78. The molecule has 0 spiro atoms. The van der Waals surface area contributed by atoms with Crippen LogP contribution in [0.25, 0.3) is 0 Å². The molecule has 0 aliphatic carbocycles. The standard InChI is InChI=1S/C15H13ClF2N2O/c1-19-15(21)11-7-10(3-4-12(11)16)20-8-9-2-5-13(17)14(18)6-9/h2-7,20H,8H2,1H3,(H,19,21). The minimum atomic E-state index is -0.892. The number of rotatable bonds is 4. The summed E-state index contributed by atoms with van der Waals surface area (Å²) in [5, 5.41) is 5.86. The van der Waals surface area contributed by atoms with Gasteiger partial charge < -0.3 is 10.6 Å². The highest BCUT2D eigenvalue weighted by Gasteiger charge is 2.09. The van der Waals surface area contributed by atoms with Crippen LogP contribution < -0.4 is 10.6 Å². The third kappa shape index (κ3) is 3.70. The van der Waals surface area contributed by atoms with Crippen molar-refractivity contribution in [3.05, 3.63) is 64.2 Å². The van der Waals surface area contributed by atoms with Crippen molar-refractivity contribution in [3.8, 4) is 0 Å². The summed E-state index contributed by atoms with van der Waals surface area (Å²) < 4.78 is 25.9. The number of anilines is 1. The summed E-state index contributed by atoms with van der Waals surface area (Å²) in [6.45, 7) is 0.298. The van der Waals surface area contributed by atoms with Gasteiger partial charge in [-0.3, -0.25) is 4.79 Å². The van der Waals surface area contributed by atoms with Gasteiger partial charge in [-0.1, -0.05) is 17.7 Å². The zero-order valence-electron chi connectivity index (χ0n) is 11.2. The summed E-state index contributed by atoms with van der Waals surface area (Å²) in [7, 11) is 1.51. The molecular formula is C15H13ClF2N2O. The molecule has 0 saturated heterocycles. The predicted molar refractivity (Wildman–Crippen MR) is 78.5 cm³/mol. The maximum absolute atomic E-state index is 13.1. The van der Waals surface area contributed by atoms with Crippen LogP contribution in [0.5, 0.6) is 0 Å². The predicted octanol–water partition coefficient (Wildman–Crippen LogP) is 3.59. The molecule has 0 saturated carbocycles. The number of hydrogen-bond donors (Lipinski definition) is 2. The lowest BCUT2D eigenvalue weighted by atomic mass is 10.1. The van der Waals surface area contributed by atoms with Crippen molar-refractivity contribution in [2.75, 3.05) is 12.4 Å². The average Bonchev–Trinajstić information content (AvgIpc) is 2.49. The maximum atomic E-state index is 13.1. The molecule has 0 heterocycles. The summed E-state index contributed by atoms with van der Waals surface area (Å²) in [6.07, 6.45) is 0. The normalized spacial score (nSPS) is 10.3. The van der Waals surface area contributed by atoms with E-state index in [-0.39, 0.29) is 5.91 Å². The molecule has 21 heavy (non-hydrogen) atoms. The van der Waals surface area contributed by atoms with Crippen LogP contribution in [-0.2, 0) is 6.54 Å². The molecule has 6 heteroatoms. The highest BCUT2D eigenvalue weighted by molar-refractivity contribution is 6.34. The van der Waals surface area contributed by atoms with Gasteiger partial charge in [0.15, 0.2) is 11.6 Å². The molecule has 0 aliphatic heterocycles. The molecule has 3 nitrogen and oxygen atoms in total. The molecule has 2 rings (SSSR count). The molecule has 0 unspecified atom stereocenters.